The Kier molecular flexibility index (Phi) is 3.70. The molecule has 106 valence electrons. The van der Waals surface area contributed by atoms with Crippen molar-refractivity contribution in [3.63, 3.8) is 0 Å². The van der Waals surface area contributed by atoms with E-state index in [0.29, 0.717) is 30.0 Å². The quantitative estimate of drug-likeness (QED) is 0.887. The van der Waals surface area contributed by atoms with Crippen LogP contribution in [-0.2, 0) is 4.74 Å². The van der Waals surface area contributed by atoms with Crippen molar-refractivity contribution >= 4 is 16.9 Å². The predicted molar refractivity (Wildman–Crippen MR) is 70.6 cm³/mol. The van der Waals surface area contributed by atoms with Crippen LogP contribution in [0.1, 0.15) is 0 Å². The summed E-state index contributed by atoms with van der Waals surface area (Å²) in [6.07, 6.45) is 1.50. The van der Waals surface area contributed by atoms with Crippen molar-refractivity contribution in [2.45, 2.75) is 6.04 Å². The number of morpholine rings is 1. The highest BCUT2D eigenvalue weighted by atomic mass is 19.2. The van der Waals surface area contributed by atoms with Crippen molar-refractivity contribution in [3.8, 4) is 0 Å². The summed E-state index contributed by atoms with van der Waals surface area (Å²) in [5, 5.41) is 6.41. The van der Waals surface area contributed by atoms with E-state index in [2.05, 4.69) is 20.6 Å². The summed E-state index contributed by atoms with van der Waals surface area (Å²) >= 11 is 0. The topological polar surface area (TPSA) is 59.1 Å². The van der Waals surface area contributed by atoms with Crippen molar-refractivity contribution in [2.24, 2.45) is 0 Å². The zero-order chi connectivity index (χ0) is 13.9. The van der Waals surface area contributed by atoms with Crippen molar-refractivity contribution in [1.29, 1.82) is 0 Å². The molecule has 1 fully saturated rings. The highest BCUT2D eigenvalue weighted by molar-refractivity contribution is 5.75. The van der Waals surface area contributed by atoms with Crippen LogP contribution in [-0.4, -0.2) is 42.3 Å². The van der Waals surface area contributed by atoms with Crippen LogP contribution in [0.2, 0.25) is 0 Å². The molecule has 0 amide bonds. The van der Waals surface area contributed by atoms with Gasteiger partial charge in [0.15, 0.2) is 11.6 Å². The third kappa shape index (κ3) is 2.83. The lowest BCUT2D eigenvalue weighted by molar-refractivity contribution is 0.0806. The van der Waals surface area contributed by atoms with E-state index in [4.69, 9.17) is 4.74 Å². The van der Waals surface area contributed by atoms with Gasteiger partial charge in [-0.15, -0.1) is 0 Å². The van der Waals surface area contributed by atoms with Gasteiger partial charge in [0.05, 0.1) is 30.4 Å². The van der Waals surface area contributed by atoms with Crippen molar-refractivity contribution < 1.29 is 13.5 Å². The SMILES string of the molecule is Fc1cc2ncc(NCC3COCCN3)nc2cc1F. The smallest absolute Gasteiger partial charge is 0.161 e. The number of rotatable bonds is 3. The monoisotopic (exact) mass is 280 g/mol. The molecule has 0 spiro atoms. The van der Waals surface area contributed by atoms with Crippen molar-refractivity contribution in [2.75, 3.05) is 31.6 Å². The first-order chi connectivity index (χ1) is 9.72. The van der Waals surface area contributed by atoms with E-state index in [-0.39, 0.29) is 6.04 Å². The summed E-state index contributed by atoms with van der Waals surface area (Å²) in [7, 11) is 0. The number of nitrogens with one attached hydrogen (secondary N) is 2. The maximum atomic E-state index is 13.2. The molecule has 1 atom stereocenters. The zero-order valence-corrected chi connectivity index (χ0v) is 10.7. The second-order valence-corrected chi connectivity index (χ2v) is 4.62. The van der Waals surface area contributed by atoms with Crippen LogP contribution in [0.3, 0.4) is 0 Å². The summed E-state index contributed by atoms with van der Waals surface area (Å²) in [5.41, 5.74) is 0.648. The molecule has 3 rings (SSSR count). The van der Waals surface area contributed by atoms with E-state index in [1.807, 2.05) is 0 Å². The number of aromatic nitrogens is 2. The minimum absolute atomic E-state index is 0.200. The number of hydrogen-bond donors (Lipinski definition) is 2. The average Bonchev–Trinajstić information content (AvgIpc) is 2.47. The third-order valence-electron chi connectivity index (χ3n) is 3.11. The van der Waals surface area contributed by atoms with Crippen molar-refractivity contribution in [1.82, 2.24) is 15.3 Å². The molecule has 2 heterocycles. The second kappa shape index (κ2) is 5.64. The third-order valence-corrected chi connectivity index (χ3v) is 3.11. The number of halogens is 2. The Balaban J connectivity index is 1.73. The van der Waals surface area contributed by atoms with E-state index in [1.54, 1.807) is 0 Å². The average molecular weight is 280 g/mol. The van der Waals surface area contributed by atoms with Crippen LogP contribution in [0.25, 0.3) is 11.0 Å². The Morgan fingerprint density at radius 1 is 1.30 bits per heavy atom. The molecule has 1 unspecified atom stereocenters. The molecule has 1 aromatic heterocycles. The summed E-state index contributed by atoms with van der Waals surface area (Å²) in [5.74, 6) is -1.32. The largest absolute Gasteiger partial charge is 0.378 e. The Morgan fingerprint density at radius 2 is 2.10 bits per heavy atom. The number of anilines is 1. The molecule has 20 heavy (non-hydrogen) atoms. The molecule has 1 aromatic carbocycles. The van der Waals surface area contributed by atoms with Crippen LogP contribution in [0.5, 0.6) is 0 Å². The number of nitrogens with zero attached hydrogens (tertiary/aromatic N) is 2. The minimum atomic E-state index is -0.925. The minimum Gasteiger partial charge on any atom is -0.378 e. The Hall–Kier alpha value is -1.86. The maximum absolute atomic E-state index is 13.2. The summed E-state index contributed by atoms with van der Waals surface area (Å²) in [6.45, 7) is 2.80. The van der Waals surface area contributed by atoms with Gasteiger partial charge in [0.25, 0.3) is 0 Å². The molecule has 7 heteroatoms. The van der Waals surface area contributed by atoms with Gasteiger partial charge in [-0.25, -0.2) is 13.8 Å². The van der Waals surface area contributed by atoms with E-state index in [9.17, 15) is 8.78 Å². The molecular formula is C13H14F2N4O. The molecule has 0 bridgehead atoms. The lowest BCUT2D eigenvalue weighted by Crippen LogP contribution is -2.45. The van der Waals surface area contributed by atoms with Gasteiger partial charge in [-0.1, -0.05) is 0 Å². The van der Waals surface area contributed by atoms with Gasteiger partial charge in [0.2, 0.25) is 0 Å². The van der Waals surface area contributed by atoms with E-state index < -0.39 is 11.6 Å². The fraction of sp³-hybridized carbons (Fsp3) is 0.385. The lowest BCUT2D eigenvalue weighted by Gasteiger charge is -2.24. The van der Waals surface area contributed by atoms with E-state index >= 15 is 0 Å². The van der Waals surface area contributed by atoms with Crippen LogP contribution in [0, 0.1) is 11.6 Å². The van der Waals surface area contributed by atoms with Gasteiger partial charge < -0.3 is 15.4 Å². The van der Waals surface area contributed by atoms with Crippen LogP contribution >= 0.6 is 0 Å². The van der Waals surface area contributed by atoms with Crippen LogP contribution < -0.4 is 10.6 Å². The first-order valence-corrected chi connectivity index (χ1v) is 6.39. The molecular weight excluding hydrogens is 266 g/mol. The first-order valence-electron chi connectivity index (χ1n) is 6.39. The van der Waals surface area contributed by atoms with Crippen LogP contribution in [0.4, 0.5) is 14.6 Å². The van der Waals surface area contributed by atoms with Crippen molar-refractivity contribution in [3.05, 3.63) is 30.0 Å². The number of fused-ring (bicyclic) bond motifs is 1. The molecule has 0 saturated carbocycles. The summed E-state index contributed by atoms with van der Waals surface area (Å²) in [4.78, 5) is 8.28. The lowest BCUT2D eigenvalue weighted by atomic mass is 10.2. The predicted octanol–water partition coefficient (Wildman–Crippen LogP) is 1.31. The highest BCUT2D eigenvalue weighted by Gasteiger charge is 2.13. The molecule has 2 aromatic rings. The number of ether oxygens (including phenoxy) is 1. The van der Waals surface area contributed by atoms with Gasteiger partial charge in [0.1, 0.15) is 5.82 Å². The van der Waals surface area contributed by atoms with Gasteiger partial charge in [-0.2, -0.15) is 0 Å². The molecule has 1 saturated heterocycles. The summed E-state index contributed by atoms with van der Waals surface area (Å²) < 4.78 is 31.6. The van der Waals surface area contributed by atoms with Gasteiger partial charge in [-0.05, 0) is 0 Å². The zero-order valence-electron chi connectivity index (χ0n) is 10.7. The van der Waals surface area contributed by atoms with Gasteiger partial charge in [-0.3, -0.25) is 4.98 Å². The highest BCUT2D eigenvalue weighted by Crippen LogP contribution is 2.16. The van der Waals surface area contributed by atoms with Gasteiger partial charge >= 0.3 is 0 Å². The Morgan fingerprint density at radius 3 is 2.85 bits per heavy atom. The Bertz CT molecular complexity index is 617. The summed E-state index contributed by atoms with van der Waals surface area (Å²) in [6, 6.07) is 2.29. The molecule has 1 aliphatic heterocycles. The second-order valence-electron chi connectivity index (χ2n) is 4.62. The number of benzene rings is 1. The maximum Gasteiger partial charge on any atom is 0.161 e. The van der Waals surface area contributed by atoms with E-state index in [1.165, 1.54) is 6.20 Å². The fourth-order valence-corrected chi connectivity index (χ4v) is 2.07. The first kappa shape index (κ1) is 13.1. The van der Waals surface area contributed by atoms with E-state index in [0.717, 1.165) is 25.3 Å². The number of hydrogen-bond acceptors (Lipinski definition) is 5. The van der Waals surface area contributed by atoms with Gasteiger partial charge in [0, 0.05) is 31.3 Å². The standard InChI is InChI=1S/C13H14F2N4O/c14-9-3-11-12(4-10(9)15)19-13(6-17-11)18-5-8-7-20-2-1-16-8/h3-4,6,8,16H,1-2,5,7H2,(H,18,19). The molecule has 0 aliphatic carbocycles. The fourth-order valence-electron chi connectivity index (χ4n) is 2.07. The Labute approximate surface area is 114 Å². The van der Waals surface area contributed by atoms with Crippen LogP contribution in [0.15, 0.2) is 18.3 Å². The molecule has 2 N–H and O–H groups in total. The molecule has 0 radical (unpaired) electrons. The molecule has 1 aliphatic rings. The normalized spacial score (nSPS) is 19.2. The molecule has 5 nitrogen and oxygen atoms in total.